The number of nitrogens with one attached hydrogen (secondary N) is 1. The van der Waals surface area contributed by atoms with Crippen molar-refractivity contribution in [1.29, 1.82) is 0 Å². The second kappa shape index (κ2) is 6.31. The van der Waals surface area contributed by atoms with Crippen LogP contribution in [0.4, 0.5) is 0 Å². The molecule has 0 fully saturated rings. The SMILES string of the molecule is CSC(C)CNCC(C)(C)c1ccccc1. The Hall–Kier alpha value is -0.470. The molecule has 0 bridgehead atoms. The van der Waals surface area contributed by atoms with Gasteiger partial charge in [-0.15, -0.1) is 0 Å². The van der Waals surface area contributed by atoms with E-state index in [-0.39, 0.29) is 5.41 Å². The zero-order valence-electron chi connectivity index (χ0n) is 10.8. The Kier molecular flexibility index (Phi) is 5.36. The van der Waals surface area contributed by atoms with Gasteiger partial charge in [-0.3, -0.25) is 0 Å². The molecule has 90 valence electrons. The number of rotatable bonds is 6. The molecule has 0 saturated carbocycles. The van der Waals surface area contributed by atoms with Gasteiger partial charge in [0.1, 0.15) is 0 Å². The Morgan fingerprint density at radius 2 is 1.88 bits per heavy atom. The first-order chi connectivity index (χ1) is 7.56. The molecule has 16 heavy (non-hydrogen) atoms. The van der Waals surface area contributed by atoms with Crippen molar-refractivity contribution in [2.24, 2.45) is 0 Å². The van der Waals surface area contributed by atoms with Gasteiger partial charge in [0.25, 0.3) is 0 Å². The van der Waals surface area contributed by atoms with E-state index in [1.165, 1.54) is 5.56 Å². The van der Waals surface area contributed by atoms with Crippen LogP contribution in [0.2, 0.25) is 0 Å². The van der Waals surface area contributed by atoms with E-state index in [0.29, 0.717) is 5.25 Å². The first-order valence-electron chi connectivity index (χ1n) is 5.85. The Morgan fingerprint density at radius 1 is 1.25 bits per heavy atom. The van der Waals surface area contributed by atoms with Crippen LogP contribution in [0.3, 0.4) is 0 Å². The van der Waals surface area contributed by atoms with Gasteiger partial charge >= 0.3 is 0 Å². The molecule has 1 rings (SSSR count). The van der Waals surface area contributed by atoms with Gasteiger partial charge in [-0.1, -0.05) is 51.1 Å². The highest BCUT2D eigenvalue weighted by atomic mass is 32.2. The van der Waals surface area contributed by atoms with Gasteiger partial charge in [0, 0.05) is 23.8 Å². The predicted molar refractivity (Wildman–Crippen MR) is 75.3 cm³/mol. The van der Waals surface area contributed by atoms with Crippen LogP contribution in [-0.2, 0) is 5.41 Å². The van der Waals surface area contributed by atoms with Gasteiger partial charge in [-0.2, -0.15) is 11.8 Å². The molecule has 1 atom stereocenters. The largest absolute Gasteiger partial charge is 0.315 e. The molecule has 0 aromatic heterocycles. The van der Waals surface area contributed by atoms with Gasteiger partial charge in [0.05, 0.1) is 0 Å². The lowest BCUT2D eigenvalue weighted by molar-refractivity contribution is 0.471. The normalized spacial score (nSPS) is 13.8. The van der Waals surface area contributed by atoms with Gasteiger partial charge in [-0.25, -0.2) is 0 Å². The molecule has 0 spiro atoms. The van der Waals surface area contributed by atoms with Crippen molar-refractivity contribution in [3.05, 3.63) is 35.9 Å². The lowest BCUT2D eigenvalue weighted by atomic mass is 9.84. The summed E-state index contributed by atoms with van der Waals surface area (Å²) in [6.07, 6.45) is 2.16. The second-order valence-corrected chi connectivity index (χ2v) is 6.20. The zero-order valence-corrected chi connectivity index (χ0v) is 11.6. The van der Waals surface area contributed by atoms with Crippen LogP contribution in [0, 0.1) is 0 Å². The van der Waals surface area contributed by atoms with E-state index >= 15 is 0 Å². The molecule has 0 amide bonds. The van der Waals surface area contributed by atoms with Crippen LogP contribution < -0.4 is 5.32 Å². The minimum absolute atomic E-state index is 0.208. The summed E-state index contributed by atoms with van der Waals surface area (Å²) in [6.45, 7) is 8.95. The van der Waals surface area contributed by atoms with E-state index in [0.717, 1.165) is 13.1 Å². The van der Waals surface area contributed by atoms with Crippen molar-refractivity contribution in [1.82, 2.24) is 5.32 Å². The smallest absolute Gasteiger partial charge is 0.0141 e. The first-order valence-corrected chi connectivity index (χ1v) is 7.14. The number of hydrogen-bond donors (Lipinski definition) is 1. The monoisotopic (exact) mass is 237 g/mol. The third kappa shape index (κ3) is 4.18. The van der Waals surface area contributed by atoms with E-state index in [2.05, 4.69) is 62.7 Å². The maximum atomic E-state index is 3.55. The molecule has 0 aliphatic rings. The molecule has 1 N–H and O–H groups in total. The third-order valence-electron chi connectivity index (χ3n) is 2.96. The maximum Gasteiger partial charge on any atom is 0.0141 e. The lowest BCUT2D eigenvalue weighted by Gasteiger charge is -2.26. The summed E-state index contributed by atoms with van der Waals surface area (Å²) in [4.78, 5) is 0. The Morgan fingerprint density at radius 3 is 2.44 bits per heavy atom. The van der Waals surface area contributed by atoms with Crippen LogP contribution in [-0.4, -0.2) is 24.6 Å². The summed E-state index contributed by atoms with van der Waals surface area (Å²) in [5.74, 6) is 0. The Bertz CT molecular complexity index is 295. The fourth-order valence-corrected chi connectivity index (χ4v) is 1.95. The van der Waals surface area contributed by atoms with Crippen LogP contribution in [0.5, 0.6) is 0 Å². The average molecular weight is 237 g/mol. The molecule has 0 heterocycles. The van der Waals surface area contributed by atoms with Crippen LogP contribution in [0.25, 0.3) is 0 Å². The highest BCUT2D eigenvalue weighted by Gasteiger charge is 2.19. The summed E-state index contributed by atoms with van der Waals surface area (Å²) in [6, 6.07) is 10.7. The molecule has 0 aliphatic heterocycles. The molecule has 1 nitrogen and oxygen atoms in total. The lowest BCUT2D eigenvalue weighted by Crippen LogP contribution is -2.35. The van der Waals surface area contributed by atoms with Crippen molar-refractivity contribution in [2.45, 2.75) is 31.4 Å². The molecule has 0 radical (unpaired) electrons. The van der Waals surface area contributed by atoms with Crippen molar-refractivity contribution in [2.75, 3.05) is 19.3 Å². The summed E-state index contributed by atoms with van der Waals surface area (Å²) in [7, 11) is 0. The van der Waals surface area contributed by atoms with Crippen LogP contribution >= 0.6 is 11.8 Å². The summed E-state index contributed by atoms with van der Waals surface area (Å²) in [5.41, 5.74) is 1.61. The van der Waals surface area contributed by atoms with E-state index in [9.17, 15) is 0 Å². The Labute approximate surface area is 104 Å². The predicted octanol–water partition coefficient (Wildman–Crippen LogP) is 3.31. The van der Waals surface area contributed by atoms with Gasteiger partial charge in [0.2, 0.25) is 0 Å². The van der Waals surface area contributed by atoms with Gasteiger partial charge in [-0.05, 0) is 11.8 Å². The maximum absolute atomic E-state index is 3.55. The molecular weight excluding hydrogens is 214 g/mol. The molecule has 1 aromatic rings. The van der Waals surface area contributed by atoms with Gasteiger partial charge < -0.3 is 5.32 Å². The van der Waals surface area contributed by atoms with Crippen LogP contribution in [0.15, 0.2) is 30.3 Å². The minimum Gasteiger partial charge on any atom is -0.315 e. The number of benzene rings is 1. The van der Waals surface area contributed by atoms with E-state index < -0.39 is 0 Å². The summed E-state index contributed by atoms with van der Waals surface area (Å²) in [5, 5.41) is 4.24. The second-order valence-electron chi connectivity index (χ2n) is 4.93. The van der Waals surface area contributed by atoms with E-state index in [1.54, 1.807) is 0 Å². The molecule has 1 aromatic carbocycles. The van der Waals surface area contributed by atoms with Crippen molar-refractivity contribution < 1.29 is 0 Å². The first kappa shape index (κ1) is 13.6. The van der Waals surface area contributed by atoms with Gasteiger partial charge in [0.15, 0.2) is 0 Å². The fraction of sp³-hybridized carbons (Fsp3) is 0.571. The summed E-state index contributed by atoms with van der Waals surface area (Å²) >= 11 is 1.91. The highest BCUT2D eigenvalue weighted by Crippen LogP contribution is 2.21. The molecule has 2 heteroatoms. The highest BCUT2D eigenvalue weighted by molar-refractivity contribution is 7.99. The number of thioether (sulfide) groups is 1. The van der Waals surface area contributed by atoms with Crippen molar-refractivity contribution in [3.8, 4) is 0 Å². The topological polar surface area (TPSA) is 12.0 Å². The Balaban J connectivity index is 2.46. The molecule has 1 unspecified atom stereocenters. The van der Waals surface area contributed by atoms with Crippen molar-refractivity contribution in [3.63, 3.8) is 0 Å². The quantitative estimate of drug-likeness (QED) is 0.814. The number of hydrogen-bond acceptors (Lipinski definition) is 2. The molecule has 0 saturated heterocycles. The van der Waals surface area contributed by atoms with Crippen LogP contribution in [0.1, 0.15) is 26.3 Å². The van der Waals surface area contributed by atoms with E-state index in [1.807, 2.05) is 11.8 Å². The average Bonchev–Trinajstić information content (AvgIpc) is 2.30. The zero-order chi connectivity index (χ0) is 12.0. The fourth-order valence-electron chi connectivity index (χ4n) is 1.66. The summed E-state index contributed by atoms with van der Waals surface area (Å²) < 4.78 is 0. The van der Waals surface area contributed by atoms with Crippen molar-refractivity contribution >= 4 is 11.8 Å². The minimum atomic E-state index is 0.208. The third-order valence-corrected chi connectivity index (χ3v) is 3.93. The van der Waals surface area contributed by atoms with E-state index in [4.69, 9.17) is 0 Å². The molecular formula is C14H23NS. The molecule has 0 aliphatic carbocycles. The standard InChI is InChI=1S/C14H23NS/c1-12(16-4)10-15-11-14(2,3)13-8-6-5-7-9-13/h5-9,12,15H,10-11H2,1-4H3.